The Balaban J connectivity index is 2.08. The standard InChI is InChI=1S/C9H11N/c1-2-8(9-3-4-9)5-7-10-6-1/h1-2,5-9H,3-4H2. The minimum absolute atomic E-state index is 0.669. The van der Waals surface area contributed by atoms with Gasteiger partial charge in [-0.15, -0.1) is 0 Å². The maximum atomic E-state index is 4.04. The number of hydrogen-bond acceptors (Lipinski definition) is 1. The molecule has 2 aliphatic rings. The molecule has 1 fully saturated rings. The minimum Gasteiger partial charge on any atom is -0.265 e. The van der Waals surface area contributed by atoms with E-state index in [2.05, 4.69) is 17.1 Å². The average Bonchev–Trinajstić information content (AvgIpc) is 2.76. The molecule has 0 aromatic rings. The van der Waals surface area contributed by atoms with Gasteiger partial charge in [0, 0.05) is 12.4 Å². The SMILES string of the molecule is C1=CC(C2CC2)C=CN=C1. The van der Waals surface area contributed by atoms with Crippen molar-refractivity contribution in [2.45, 2.75) is 12.8 Å². The zero-order valence-electron chi connectivity index (χ0n) is 5.90. The van der Waals surface area contributed by atoms with E-state index in [1.54, 1.807) is 0 Å². The minimum atomic E-state index is 0.669. The summed E-state index contributed by atoms with van der Waals surface area (Å²) in [5, 5.41) is 0. The number of hydrogen-bond donors (Lipinski definition) is 0. The van der Waals surface area contributed by atoms with E-state index in [4.69, 9.17) is 0 Å². The molecule has 0 saturated heterocycles. The molecule has 0 spiro atoms. The molecule has 1 nitrogen and oxygen atoms in total. The molecular formula is C9H11N. The van der Waals surface area contributed by atoms with Crippen molar-refractivity contribution in [3.63, 3.8) is 0 Å². The van der Waals surface area contributed by atoms with Crippen LogP contribution in [0.15, 0.2) is 29.4 Å². The first kappa shape index (κ1) is 5.90. The molecule has 0 amide bonds. The second-order valence-electron chi connectivity index (χ2n) is 2.94. The lowest BCUT2D eigenvalue weighted by Crippen LogP contribution is -1.92. The lowest BCUT2D eigenvalue weighted by Gasteiger charge is -2.00. The summed E-state index contributed by atoms with van der Waals surface area (Å²) in [4.78, 5) is 4.04. The van der Waals surface area contributed by atoms with Crippen molar-refractivity contribution in [2.24, 2.45) is 16.8 Å². The van der Waals surface area contributed by atoms with Crippen molar-refractivity contribution in [2.75, 3.05) is 0 Å². The van der Waals surface area contributed by atoms with Gasteiger partial charge >= 0.3 is 0 Å². The summed E-state index contributed by atoms with van der Waals surface area (Å²) in [6, 6.07) is 0. The summed E-state index contributed by atoms with van der Waals surface area (Å²) in [6.07, 6.45) is 13.0. The molecule has 0 bridgehead atoms. The van der Waals surface area contributed by atoms with Gasteiger partial charge in [-0.05, 0) is 30.8 Å². The number of aliphatic imine (C=N–C) groups is 1. The van der Waals surface area contributed by atoms with E-state index in [-0.39, 0.29) is 0 Å². The Bertz CT molecular complexity index is 181. The van der Waals surface area contributed by atoms with E-state index >= 15 is 0 Å². The predicted octanol–water partition coefficient (Wildman–Crippen LogP) is 2.17. The van der Waals surface area contributed by atoms with Crippen LogP contribution in [0.2, 0.25) is 0 Å². The van der Waals surface area contributed by atoms with Gasteiger partial charge in [0.05, 0.1) is 0 Å². The van der Waals surface area contributed by atoms with Crippen LogP contribution in [0.25, 0.3) is 0 Å². The number of nitrogens with zero attached hydrogens (tertiary/aromatic N) is 1. The highest BCUT2D eigenvalue weighted by Gasteiger charge is 2.27. The Hall–Kier alpha value is -0.850. The molecule has 1 saturated carbocycles. The molecule has 1 aliphatic carbocycles. The van der Waals surface area contributed by atoms with Crippen molar-refractivity contribution in [1.29, 1.82) is 0 Å². The van der Waals surface area contributed by atoms with Gasteiger partial charge in [0.15, 0.2) is 0 Å². The molecule has 10 heavy (non-hydrogen) atoms. The van der Waals surface area contributed by atoms with E-state index < -0.39 is 0 Å². The fraction of sp³-hybridized carbons (Fsp3) is 0.444. The molecule has 1 heterocycles. The molecule has 52 valence electrons. The fourth-order valence-electron chi connectivity index (χ4n) is 1.29. The summed E-state index contributed by atoms with van der Waals surface area (Å²) in [6.45, 7) is 0. The van der Waals surface area contributed by atoms with Crippen LogP contribution in [-0.2, 0) is 0 Å². The zero-order chi connectivity index (χ0) is 6.81. The van der Waals surface area contributed by atoms with Crippen LogP contribution >= 0.6 is 0 Å². The Labute approximate surface area is 61.2 Å². The summed E-state index contributed by atoms with van der Waals surface area (Å²) in [5.41, 5.74) is 0. The molecule has 2 rings (SSSR count). The Morgan fingerprint density at radius 3 is 2.90 bits per heavy atom. The molecule has 1 heteroatoms. The molecule has 0 N–H and O–H groups in total. The fourth-order valence-corrected chi connectivity index (χ4v) is 1.29. The van der Waals surface area contributed by atoms with Crippen LogP contribution in [0.3, 0.4) is 0 Å². The Kier molecular flexibility index (Phi) is 1.42. The van der Waals surface area contributed by atoms with Gasteiger partial charge < -0.3 is 0 Å². The second kappa shape index (κ2) is 2.41. The van der Waals surface area contributed by atoms with Crippen LogP contribution in [0.4, 0.5) is 0 Å². The van der Waals surface area contributed by atoms with Crippen LogP contribution in [0.5, 0.6) is 0 Å². The van der Waals surface area contributed by atoms with Gasteiger partial charge in [0.1, 0.15) is 0 Å². The van der Waals surface area contributed by atoms with Crippen LogP contribution in [0, 0.1) is 11.8 Å². The smallest absolute Gasteiger partial charge is 0.0264 e. The monoisotopic (exact) mass is 133 g/mol. The molecular weight excluding hydrogens is 122 g/mol. The Morgan fingerprint density at radius 2 is 2.10 bits per heavy atom. The number of rotatable bonds is 1. The van der Waals surface area contributed by atoms with Crippen LogP contribution < -0.4 is 0 Å². The second-order valence-corrected chi connectivity index (χ2v) is 2.94. The van der Waals surface area contributed by atoms with E-state index in [9.17, 15) is 0 Å². The highest BCUT2D eigenvalue weighted by molar-refractivity contribution is 5.72. The highest BCUT2D eigenvalue weighted by atomic mass is 14.7. The van der Waals surface area contributed by atoms with Crippen molar-refractivity contribution in [3.05, 3.63) is 24.4 Å². The van der Waals surface area contributed by atoms with Crippen LogP contribution in [-0.4, -0.2) is 6.21 Å². The van der Waals surface area contributed by atoms with Crippen molar-refractivity contribution in [1.82, 2.24) is 0 Å². The van der Waals surface area contributed by atoms with Crippen LogP contribution in [0.1, 0.15) is 12.8 Å². The van der Waals surface area contributed by atoms with Gasteiger partial charge in [0.25, 0.3) is 0 Å². The van der Waals surface area contributed by atoms with E-state index in [1.807, 2.05) is 18.5 Å². The Morgan fingerprint density at radius 1 is 1.20 bits per heavy atom. The molecule has 1 aliphatic heterocycles. The van der Waals surface area contributed by atoms with Gasteiger partial charge in [-0.1, -0.05) is 12.2 Å². The maximum Gasteiger partial charge on any atom is 0.0264 e. The van der Waals surface area contributed by atoms with E-state index in [1.165, 1.54) is 12.8 Å². The highest BCUT2D eigenvalue weighted by Crippen LogP contribution is 2.38. The van der Waals surface area contributed by atoms with Gasteiger partial charge in [-0.3, -0.25) is 4.99 Å². The lowest BCUT2D eigenvalue weighted by atomic mass is 10.0. The summed E-state index contributed by atoms with van der Waals surface area (Å²) in [7, 11) is 0. The van der Waals surface area contributed by atoms with Gasteiger partial charge in [-0.2, -0.15) is 0 Å². The third kappa shape index (κ3) is 1.18. The first-order chi connectivity index (χ1) is 4.97. The molecule has 0 aromatic carbocycles. The summed E-state index contributed by atoms with van der Waals surface area (Å²) >= 11 is 0. The quantitative estimate of drug-likeness (QED) is 0.519. The molecule has 0 radical (unpaired) electrons. The molecule has 0 aromatic heterocycles. The first-order valence-corrected chi connectivity index (χ1v) is 3.83. The van der Waals surface area contributed by atoms with Crippen molar-refractivity contribution < 1.29 is 0 Å². The van der Waals surface area contributed by atoms with Gasteiger partial charge in [0.2, 0.25) is 0 Å². The average molecular weight is 133 g/mol. The molecule has 1 unspecified atom stereocenters. The first-order valence-electron chi connectivity index (χ1n) is 3.83. The summed E-state index contributed by atoms with van der Waals surface area (Å²) < 4.78 is 0. The van der Waals surface area contributed by atoms with Crippen molar-refractivity contribution >= 4 is 6.21 Å². The largest absolute Gasteiger partial charge is 0.265 e. The summed E-state index contributed by atoms with van der Waals surface area (Å²) in [5.74, 6) is 1.59. The third-order valence-electron chi connectivity index (χ3n) is 2.07. The topological polar surface area (TPSA) is 12.4 Å². The van der Waals surface area contributed by atoms with Crippen molar-refractivity contribution in [3.8, 4) is 0 Å². The number of allylic oxidation sites excluding steroid dienone is 3. The van der Waals surface area contributed by atoms with Gasteiger partial charge in [-0.25, -0.2) is 0 Å². The zero-order valence-corrected chi connectivity index (χ0v) is 5.90. The normalized spacial score (nSPS) is 30.6. The predicted molar refractivity (Wildman–Crippen MR) is 43.0 cm³/mol. The maximum absolute atomic E-state index is 4.04. The third-order valence-corrected chi connectivity index (χ3v) is 2.07. The van der Waals surface area contributed by atoms with E-state index in [0.29, 0.717) is 5.92 Å². The molecule has 1 atom stereocenters. The van der Waals surface area contributed by atoms with E-state index in [0.717, 1.165) is 5.92 Å². The lowest BCUT2D eigenvalue weighted by molar-refractivity contribution is 0.695.